The summed E-state index contributed by atoms with van der Waals surface area (Å²) in [6.45, 7) is 3.96. The van der Waals surface area contributed by atoms with E-state index in [4.69, 9.17) is 0 Å². The molecule has 0 amide bonds. The average molecular weight is 336 g/mol. The summed E-state index contributed by atoms with van der Waals surface area (Å²) < 4.78 is 0. The molecule has 0 radical (unpaired) electrons. The van der Waals surface area contributed by atoms with Gasteiger partial charge in [-0.05, 0) is 23.1 Å². The first-order valence-electron chi connectivity index (χ1n) is 8.88. The van der Waals surface area contributed by atoms with Crippen LogP contribution in [-0.4, -0.2) is 45.9 Å². The molecule has 130 valence electrons. The molecule has 0 bridgehead atoms. The van der Waals surface area contributed by atoms with Crippen LogP contribution in [0.4, 0.5) is 0 Å². The number of nitrogens with one attached hydrogen (secondary N) is 2. The lowest BCUT2D eigenvalue weighted by Crippen LogP contribution is -2.40. The number of aromatic nitrogens is 2. The van der Waals surface area contributed by atoms with Crippen molar-refractivity contribution in [1.82, 2.24) is 20.4 Å². The van der Waals surface area contributed by atoms with Gasteiger partial charge in [0.15, 0.2) is 0 Å². The molecule has 0 saturated carbocycles. The van der Waals surface area contributed by atoms with Crippen molar-refractivity contribution >= 4 is 10.9 Å². The van der Waals surface area contributed by atoms with Gasteiger partial charge in [0, 0.05) is 38.1 Å². The van der Waals surface area contributed by atoms with Crippen molar-refractivity contribution in [2.24, 2.45) is 0 Å². The van der Waals surface area contributed by atoms with E-state index in [0.717, 1.165) is 37.0 Å². The van der Waals surface area contributed by atoms with E-state index in [-0.39, 0.29) is 6.10 Å². The number of aromatic amines is 1. The van der Waals surface area contributed by atoms with Gasteiger partial charge in [0.2, 0.25) is 0 Å². The molecule has 0 saturated heterocycles. The van der Waals surface area contributed by atoms with E-state index < -0.39 is 0 Å². The SMILES string of the molecule is OC(CNCc1cccc2cn[nH]c12)CN1CCc2ccccc2C1. The Morgan fingerprint density at radius 3 is 2.96 bits per heavy atom. The van der Waals surface area contributed by atoms with Gasteiger partial charge in [-0.15, -0.1) is 0 Å². The number of β-amino-alcohol motifs (C(OH)–C–C–N with tert-alkyl or cyclic N) is 1. The summed E-state index contributed by atoms with van der Waals surface area (Å²) in [5.74, 6) is 0. The van der Waals surface area contributed by atoms with Crippen LogP contribution >= 0.6 is 0 Å². The largest absolute Gasteiger partial charge is 0.390 e. The van der Waals surface area contributed by atoms with E-state index in [2.05, 4.69) is 50.7 Å². The summed E-state index contributed by atoms with van der Waals surface area (Å²) in [6.07, 6.45) is 2.53. The van der Waals surface area contributed by atoms with Crippen LogP contribution in [0.25, 0.3) is 10.9 Å². The Labute approximate surface area is 147 Å². The predicted molar refractivity (Wildman–Crippen MR) is 99.2 cm³/mol. The molecule has 0 aliphatic carbocycles. The minimum absolute atomic E-state index is 0.369. The highest BCUT2D eigenvalue weighted by Gasteiger charge is 2.18. The van der Waals surface area contributed by atoms with Crippen molar-refractivity contribution in [2.75, 3.05) is 19.6 Å². The van der Waals surface area contributed by atoms with E-state index in [9.17, 15) is 5.11 Å². The maximum absolute atomic E-state index is 10.4. The maximum atomic E-state index is 10.4. The second-order valence-electron chi connectivity index (χ2n) is 6.79. The molecule has 1 aliphatic rings. The van der Waals surface area contributed by atoms with Gasteiger partial charge in [-0.2, -0.15) is 5.10 Å². The summed E-state index contributed by atoms with van der Waals surface area (Å²) in [5.41, 5.74) is 5.07. The molecule has 0 fully saturated rings. The first-order chi connectivity index (χ1) is 12.3. The lowest BCUT2D eigenvalue weighted by molar-refractivity contribution is 0.104. The Balaban J connectivity index is 1.27. The van der Waals surface area contributed by atoms with Crippen molar-refractivity contribution in [3.05, 3.63) is 65.4 Å². The van der Waals surface area contributed by atoms with Crippen LogP contribution in [-0.2, 0) is 19.5 Å². The van der Waals surface area contributed by atoms with Gasteiger partial charge in [0.1, 0.15) is 0 Å². The predicted octanol–water partition coefficient (Wildman–Crippen LogP) is 2.07. The third kappa shape index (κ3) is 3.74. The molecule has 1 aromatic heterocycles. The molecule has 2 aromatic carbocycles. The van der Waals surface area contributed by atoms with E-state index in [1.165, 1.54) is 16.7 Å². The molecule has 3 aromatic rings. The van der Waals surface area contributed by atoms with Gasteiger partial charge in [-0.1, -0.05) is 42.5 Å². The van der Waals surface area contributed by atoms with Crippen molar-refractivity contribution < 1.29 is 5.11 Å². The van der Waals surface area contributed by atoms with Crippen molar-refractivity contribution in [3.63, 3.8) is 0 Å². The van der Waals surface area contributed by atoms with Crippen molar-refractivity contribution in [1.29, 1.82) is 0 Å². The van der Waals surface area contributed by atoms with Crippen LogP contribution < -0.4 is 5.32 Å². The van der Waals surface area contributed by atoms with Gasteiger partial charge in [-0.25, -0.2) is 0 Å². The Morgan fingerprint density at radius 1 is 1.16 bits per heavy atom. The number of aliphatic hydroxyl groups is 1. The Hall–Kier alpha value is -2.21. The molecule has 4 rings (SSSR count). The normalized spacial score (nSPS) is 16.0. The second kappa shape index (κ2) is 7.35. The average Bonchev–Trinajstić information content (AvgIpc) is 3.11. The molecule has 3 N–H and O–H groups in total. The molecule has 0 spiro atoms. The standard InChI is InChI=1S/C20H24N4O/c25-19(14-24-9-8-15-4-1-2-5-18(15)13-24)12-21-10-16-6-3-7-17-11-22-23-20(16)17/h1-7,11,19,21,25H,8-10,12-14H2,(H,22,23). The second-order valence-corrected chi connectivity index (χ2v) is 6.79. The summed E-state index contributed by atoms with van der Waals surface area (Å²) in [5, 5.41) is 22.0. The molecule has 2 heterocycles. The number of hydrogen-bond donors (Lipinski definition) is 3. The molecule has 5 heteroatoms. The van der Waals surface area contributed by atoms with Crippen LogP contribution in [0.2, 0.25) is 0 Å². The van der Waals surface area contributed by atoms with Gasteiger partial charge < -0.3 is 10.4 Å². The monoisotopic (exact) mass is 336 g/mol. The fourth-order valence-corrected chi connectivity index (χ4v) is 3.62. The van der Waals surface area contributed by atoms with Crippen molar-refractivity contribution in [2.45, 2.75) is 25.6 Å². The van der Waals surface area contributed by atoms with Crippen LogP contribution in [0.1, 0.15) is 16.7 Å². The smallest absolute Gasteiger partial charge is 0.0791 e. The van der Waals surface area contributed by atoms with Gasteiger partial charge in [0.25, 0.3) is 0 Å². The molecule has 5 nitrogen and oxygen atoms in total. The third-order valence-corrected chi connectivity index (χ3v) is 4.94. The minimum Gasteiger partial charge on any atom is -0.390 e. The van der Waals surface area contributed by atoms with Gasteiger partial charge >= 0.3 is 0 Å². The number of para-hydroxylation sites is 1. The number of hydrogen-bond acceptors (Lipinski definition) is 4. The zero-order valence-electron chi connectivity index (χ0n) is 14.3. The molecule has 1 aliphatic heterocycles. The Kier molecular flexibility index (Phi) is 4.78. The zero-order chi connectivity index (χ0) is 17.1. The van der Waals surface area contributed by atoms with Crippen LogP contribution in [0.3, 0.4) is 0 Å². The van der Waals surface area contributed by atoms with E-state index in [1.807, 2.05) is 18.3 Å². The van der Waals surface area contributed by atoms with Gasteiger partial charge in [0.05, 0.1) is 17.8 Å². The molecule has 1 unspecified atom stereocenters. The van der Waals surface area contributed by atoms with Crippen LogP contribution in [0.15, 0.2) is 48.7 Å². The van der Waals surface area contributed by atoms with E-state index >= 15 is 0 Å². The molecule has 25 heavy (non-hydrogen) atoms. The number of rotatable bonds is 6. The van der Waals surface area contributed by atoms with Crippen LogP contribution in [0, 0.1) is 0 Å². The van der Waals surface area contributed by atoms with E-state index in [1.54, 1.807) is 0 Å². The number of nitrogens with zero attached hydrogens (tertiary/aromatic N) is 2. The fraction of sp³-hybridized carbons (Fsp3) is 0.350. The number of benzene rings is 2. The first kappa shape index (κ1) is 16.3. The molecular formula is C20H24N4O. The Bertz CT molecular complexity index is 844. The lowest BCUT2D eigenvalue weighted by atomic mass is 10.00. The maximum Gasteiger partial charge on any atom is 0.0791 e. The zero-order valence-corrected chi connectivity index (χ0v) is 14.3. The summed E-state index contributed by atoms with van der Waals surface area (Å²) in [4.78, 5) is 2.34. The summed E-state index contributed by atoms with van der Waals surface area (Å²) in [7, 11) is 0. The number of aliphatic hydroxyl groups excluding tert-OH is 1. The highest BCUT2D eigenvalue weighted by molar-refractivity contribution is 5.81. The lowest BCUT2D eigenvalue weighted by Gasteiger charge is -2.30. The quantitative estimate of drug-likeness (QED) is 0.645. The highest BCUT2D eigenvalue weighted by Crippen LogP contribution is 2.18. The topological polar surface area (TPSA) is 64.2 Å². The summed E-state index contributed by atoms with van der Waals surface area (Å²) in [6, 6.07) is 14.8. The first-order valence-corrected chi connectivity index (χ1v) is 8.88. The molecule has 1 atom stereocenters. The van der Waals surface area contributed by atoms with E-state index in [0.29, 0.717) is 13.1 Å². The van der Waals surface area contributed by atoms with Crippen molar-refractivity contribution in [3.8, 4) is 0 Å². The third-order valence-electron chi connectivity index (χ3n) is 4.94. The number of H-pyrrole nitrogens is 1. The minimum atomic E-state index is -0.369. The Morgan fingerprint density at radius 2 is 2.04 bits per heavy atom. The van der Waals surface area contributed by atoms with Crippen LogP contribution in [0.5, 0.6) is 0 Å². The van der Waals surface area contributed by atoms with Gasteiger partial charge in [-0.3, -0.25) is 10.00 Å². The fourth-order valence-electron chi connectivity index (χ4n) is 3.62. The summed E-state index contributed by atoms with van der Waals surface area (Å²) >= 11 is 0. The number of fused-ring (bicyclic) bond motifs is 2. The highest BCUT2D eigenvalue weighted by atomic mass is 16.3. The molecular weight excluding hydrogens is 312 g/mol.